The Morgan fingerprint density at radius 1 is 0.926 bits per heavy atom. The molecule has 0 amide bonds. The molecule has 0 spiro atoms. The average molecular weight is 366 g/mol. The van der Waals surface area contributed by atoms with Gasteiger partial charge in [0.05, 0.1) is 17.7 Å². The number of nitrogens with one attached hydrogen (secondary N) is 1. The van der Waals surface area contributed by atoms with Gasteiger partial charge in [-0.1, -0.05) is 18.2 Å². The van der Waals surface area contributed by atoms with Crippen LogP contribution in [0.3, 0.4) is 0 Å². The molecule has 3 rings (SSSR count). The summed E-state index contributed by atoms with van der Waals surface area (Å²) in [6.07, 6.45) is 1.60. The van der Waals surface area contributed by atoms with Crippen molar-refractivity contribution in [3.63, 3.8) is 0 Å². The SMILES string of the molecule is N=C(c1ccc(F)cc1)C(C(=O)c1ccc(F)cc1)C(O)c1cccnc1. The summed E-state index contributed by atoms with van der Waals surface area (Å²) >= 11 is 0. The van der Waals surface area contributed by atoms with Crippen LogP contribution < -0.4 is 0 Å². The molecule has 2 unspecified atom stereocenters. The Labute approximate surface area is 154 Å². The van der Waals surface area contributed by atoms with Gasteiger partial charge in [0.1, 0.15) is 11.6 Å². The number of aliphatic hydroxyl groups is 1. The van der Waals surface area contributed by atoms with Crippen LogP contribution in [0.15, 0.2) is 73.1 Å². The zero-order chi connectivity index (χ0) is 19.4. The number of nitrogens with zero attached hydrogens (tertiary/aromatic N) is 1. The minimum atomic E-state index is -1.34. The number of benzene rings is 2. The largest absolute Gasteiger partial charge is 0.387 e. The van der Waals surface area contributed by atoms with Crippen molar-refractivity contribution in [2.75, 3.05) is 0 Å². The normalized spacial score (nSPS) is 13.0. The minimum Gasteiger partial charge on any atom is -0.387 e. The monoisotopic (exact) mass is 366 g/mol. The Hall–Kier alpha value is -3.25. The number of halogens is 2. The molecule has 1 aromatic heterocycles. The fourth-order valence-corrected chi connectivity index (χ4v) is 2.78. The van der Waals surface area contributed by atoms with Gasteiger partial charge >= 0.3 is 0 Å². The standard InChI is InChI=1S/C21H16F2N2O2/c22-16-7-3-13(4-8-16)19(24)18(21(27)15-2-1-11-25-12-15)20(26)14-5-9-17(23)10-6-14/h1-12,18,21,24,27H. The lowest BCUT2D eigenvalue weighted by Gasteiger charge is -2.23. The molecule has 1 heterocycles. The molecule has 0 radical (unpaired) electrons. The van der Waals surface area contributed by atoms with E-state index in [9.17, 15) is 18.7 Å². The lowest BCUT2D eigenvalue weighted by Crippen LogP contribution is -2.31. The third kappa shape index (κ3) is 4.12. The van der Waals surface area contributed by atoms with Crippen molar-refractivity contribution >= 4 is 11.5 Å². The minimum absolute atomic E-state index is 0.163. The first-order valence-corrected chi connectivity index (χ1v) is 8.19. The summed E-state index contributed by atoms with van der Waals surface area (Å²) in [4.78, 5) is 17.0. The number of Topliss-reactive ketones (excluding diaryl/α,β-unsaturated/α-hetero) is 1. The van der Waals surface area contributed by atoms with E-state index < -0.39 is 29.4 Å². The third-order valence-corrected chi connectivity index (χ3v) is 4.22. The van der Waals surface area contributed by atoms with Gasteiger partial charge in [0.2, 0.25) is 0 Å². The summed E-state index contributed by atoms with van der Waals surface area (Å²) in [5, 5.41) is 19.3. The van der Waals surface area contributed by atoms with Crippen LogP contribution in [-0.4, -0.2) is 21.6 Å². The smallest absolute Gasteiger partial charge is 0.174 e. The van der Waals surface area contributed by atoms with E-state index in [-0.39, 0.29) is 11.3 Å². The van der Waals surface area contributed by atoms with Gasteiger partial charge in [0.15, 0.2) is 5.78 Å². The van der Waals surface area contributed by atoms with E-state index >= 15 is 0 Å². The molecule has 0 saturated carbocycles. The fraction of sp³-hybridized carbons (Fsp3) is 0.0952. The van der Waals surface area contributed by atoms with Crippen LogP contribution >= 0.6 is 0 Å². The first-order chi connectivity index (χ1) is 13.0. The molecule has 6 heteroatoms. The van der Waals surface area contributed by atoms with Crippen molar-refractivity contribution < 1.29 is 18.7 Å². The van der Waals surface area contributed by atoms with Crippen LogP contribution in [0.4, 0.5) is 8.78 Å². The van der Waals surface area contributed by atoms with E-state index in [0.29, 0.717) is 11.1 Å². The predicted molar refractivity (Wildman–Crippen MR) is 96.6 cm³/mol. The molecule has 2 atom stereocenters. The molecule has 0 fully saturated rings. The van der Waals surface area contributed by atoms with Gasteiger partial charge in [-0.05, 0) is 53.6 Å². The molecule has 2 N–H and O–H groups in total. The third-order valence-electron chi connectivity index (χ3n) is 4.22. The van der Waals surface area contributed by atoms with Crippen molar-refractivity contribution in [3.8, 4) is 0 Å². The average Bonchev–Trinajstić information content (AvgIpc) is 2.69. The second kappa shape index (κ2) is 7.97. The molecule has 27 heavy (non-hydrogen) atoms. The van der Waals surface area contributed by atoms with E-state index in [1.54, 1.807) is 12.1 Å². The topological polar surface area (TPSA) is 74.0 Å². The van der Waals surface area contributed by atoms with Gasteiger partial charge in [-0.15, -0.1) is 0 Å². The first-order valence-electron chi connectivity index (χ1n) is 8.19. The molecule has 0 aliphatic heterocycles. The highest BCUT2D eigenvalue weighted by Crippen LogP contribution is 2.28. The van der Waals surface area contributed by atoms with E-state index in [0.717, 1.165) is 12.1 Å². The number of hydrogen-bond donors (Lipinski definition) is 2. The number of hydrogen-bond acceptors (Lipinski definition) is 4. The van der Waals surface area contributed by atoms with Gasteiger partial charge in [0.25, 0.3) is 0 Å². The number of pyridine rings is 1. The Balaban J connectivity index is 2.02. The molecule has 0 aliphatic carbocycles. The molecule has 2 aromatic carbocycles. The van der Waals surface area contributed by atoms with Gasteiger partial charge in [-0.3, -0.25) is 9.78 Å². The highest BCUT2D eigenvalue weighted by Gasteiger charge is 2.33. The first kappa shape index (κ1) is 18.5. The summed E-state index contributed by atoms with van der Waals surface area (Å²) in [5.41, 5.74) is 0.668. The van der Waals surface area contributed by atoms with Crippen LogP contribution in [0.5, 0.6) is 0 Å². The van der Waals surface area contributed by atoms with Gasteiger partial charge in [-0.25, -0.2) is 8.78 Å². The molecule has 4 nitrogen and oxygen atoms in total. The summed E-state index contributed by atoms with van der Waals surface area (Å²) in [7, 11) is 0. The zero-order valence-electron chi connectivity index (χ0n) is 14.1. The van der Waals surface area contributed by atoms with Gasteiger partial charge in [-0.2, -0.15) is 0 Å². The van der Waals surface area contributed by atoms with Crippen LogP contribution in [-0.2, 0) is 0 Å². The molecule has 3 aromatic rings. The maximum Gasteiger partial charge on any atom is 0.174 e. The second-order valence-corrected chi connectivity index (χ2v) is 6.00. The van der Waals surface area contributed by atoms with E-state index in [1.165, 1.54) is 48.8 Å². The highest BCUT2D eigenvalue weighted by atomic mass is 19.1. The lowest BCUT2D eigenvalue weighted by molar-refractivity contribution is 0.0793. The summed E-state index contributed by atoms with van der Waals surface area (Å²) < 4.78 is 26.4. The molecule has 136 valence electrons. The van der Waals surface area contributed by atoms with Crippen molar-refractivity contribution in [3.05, 3.63) is 101 Å². The molecule has 0 saturated heterocycles. The van der Waals surface area contributed by atoms with E-state index in [1.807, 2.05) is 0 Å². The quantitative estimate of drug-likeness (QED) is 0.512. The number of aromatic nitrogens is 1. The Bertz CT molecular complexity index is 885. The predicted octanol–water partition coefficient (Wildman–Crippen LogP) is 3.96. The molecule has 0 aliphatic rings. The van der Waals surface area contributed by atoms with E-state index in [2.05, 4.69) is 4.98 Å². The molecule has 0 bridgehead atoms. The lowest BCUT2D eigenvalue weighted by atomic mass is 9.83. The zero-order valence-corrected chi connectivity index (χ0v) is 14.1. The van der Waals surface area contributed by atoms with Crippen LogP contribution in [0.2, 0.25) is 0 Å². The number of ketones is 1. The number of carbonyl (C=O) groups excluding carboxylic acids is 1. The van der Waals surface area contributed by atoms with Crippen LogP contribution in [0.1, 0.15) is 27.6 Å². The number of aliphatic hydroxyl groups excluding tert-OH is 1. The fourth-order valence-electron chi connectivity index (χ4n) is 2.78. The maximum atomic E-state index is 13.2. The number of rotatable bonds is 6. The van der Waals surface area contributed by atoms with Gasteiger partial charge in [0, 0.05) is 18.0 Å². The van der Waals surface area contributed by atoms with Gasteiger partial charge < -0.3 is 10.5 Å². The van der Waals surface area contributed by atoms with Crippen molar-refractivity contribution in [2.45, 2.75) is 6.10 Å². The van der Waals surface area contributed by atoms with Crippen molar-refractivity contribution in [1.82, 2.24) is 4.98 Å². The maximum absolute atomic E-state index is 13.2. The summed E-state index contributed by atoms with van der Waals surface area (Å²) in [5.74, 6) is -2.77. The summed E-state index contributed by atoms with van der Waals surface area (Å²) in [6.45, 7) is 0. The Kier molecular flexibility index (Phi) is 5.47. The molecular formula is C21H16F2N2O2. The van der Waals surface area contributed by atoms with Crippen LogP contribution in [0.25, 0.3) is 0 Å². The van der Waals surface area contributed by atoms with Crippen LogP contribution in [0, 0.1) is 23.0 Å². The van der Waals surface area contributed by atoms with Crippen molar-refractivity contribution in [2.24, 2.45) is 5.92 Å². The Morgan fingerprint density at radius 2 is 1.48 bits per heavy atom. The molecular weight excluding hydrogens is 350 g/mol. The Morgan fingerprint density at radius 3 is 2.00 bits per heavy atom. The number of carbonyl (C=O) groups is 1. The van der Waals surface area contributed by atoms with Crippen molar-refractivity contribution in [1.29, 1.82) is 5.41 Å². The second-order valence-electron chi connectivity index (χ2n) is 6.00. The van der Waals surface area contributed by atoms with E-state index in [4.69, 9.17) is 5.41 Å². The highest BCUT2D eigenvalue weighted by molar-refractivity contribution is 6.17. The summed E-state index contributed by atoms with van der Waals surface area (Å²) in [6, 6.07) is 13.2.